The lowest BCUT2D eigenvalue weighted by Crippen LogP contribution is -2.33. The van der Waals surface area contributed by atoms with Gasteiger partial charge in [-0.1, -0.05) is 18.2 Å². The van der Waals surface area contributed by atoms with Crippen molar-refractivity contribution in [1.82, 2.24) is 8.87 Å². The van der Waals surface area contributed by atoms with E-state index in [1.807, 2.05) is 0 Å². The fourth-order valence-corrected chi connectivity index (χ4v) is 5.83. The van der Waals surface area contributed by atoms with Crippen molar-refractivity contribution in [1.29, 1.82) is 0 Å². The van der Waals surface area contributed by atoms with Gasteiger partial charge >= 0.3 is 11.4 Å². The molecule has 0 radical (unpaired) electrons. The molecule has 0 N–H and O–H groups in total. The van der Waals surface area contributed by atoms with Gasteiger partial charge in [-0.3, -0.25) is 0 Å². The molecular formula is C28H33FN2O6S2. The first-order valence-electron chi connectivity index (χ1n) is 12.1. The van der Waals surface area contributed by atoms with E-state index in [4.69, 9.17) is 9.47 Å². The van der Waals surface area contributed by atoms with Gasteiger partial charge in [0.15, 0.2) is 0 Å². The highest BCUT2D eigenvalue weighted by atomic mass is 32.2. The van der Waals surface area contributed by atoms with Crippen LogP contribution in [0, 0.1) is 5.82 Å². The highest BCUT2D eigenvalue weighted by molar-refractivity contribution is 8.13. The molecule has 8 nitrogen and oxygen atoms in total. The Bertz CT molecular complexity index is 1470. The summed E-state index contributed by atoms with van der Waals surface area (Å²) in [6.45, 7) is 10.5. The minimum Gasteiger partial charge on any atom is -0.452 e. The maximum Gasteiger partial charge on any atom is 0.410 e. The van der Waals surface area contributed by atoms with E-state index in [0.717, 1.165) is 15.7 Å². The van der Waals surface area contributed by atoms with Gasteiger partial charge in [0.2, 0.25) is 0 Å². The van der Waals surface area contributed by atoms with E-state index in [-0.39, 0.29) is 22.7 Å². The van der Waals surface area contributed by atoms with Crippen LogP contribution in [0.25, 0.3) is 11.3 Å². The number of ether oxygens (including phenoxy) is 2. The van der Waals surface area contributed by atoms with Crippen LogP contribution in [0.1, 0.15) is 47.1 Å². The quantitative estimate of drug-likeness (QED) is 0.232. The summed E-state index contributed by atoms with van der Waals surface area (Å²) in [5.74, 6) is -0.603. The van der Waals surface area contributed by atoms with Gasteiger partial charge in [0.05, 0.1) is 17.1 Å². The Labute approximate surface area is 233 Å². The van der Waals surface area contributed by atoms with Gasteiger partial charge in [0.25, 0.3) is 10.0 Å². The Morgan fingerprint density at radius 1 is 0.949 bits per heavy atom. The van der Waals surface area contributed by atoms with Crippen molar-refractivity contribution in [2.75, 3.05) is 7.05 Å². The SMILES string of the molecule is CN(Cc1cc(-c2ccccc2F)n(S(=O)(=O)c2cccc(SC(=O)OC(C)(C)C)c2)c1)C(=O)OC(C)(C)C. The molecule has 39 heavy (non-hydrogen) atoms. The van der Waals surface area contributed by atoms with Gasteiger partial charge in [0, 0.05) is 23.7 Å². The van der Waals surface area contributed by atoms with Crippen molar-refractivity contribution in [2.45, 2.75) is 69.1 Å². The Kier molecular flexibility index (Phi) is 8.86. The van der Waals surface area contributed by atoms with Gasteiger partial charge in [0.1, 0.15) is 17.0 Å². The molecule has 0 fully saturated rings. The highest BCUT2D eigenvalue weighted by Gasteiger charge is 2.26. The monoisotopic (exact) mass is 576 g/mol. The summed E-state index contributed by atoms with van der Waals surface area (Å²) in [6, 6.07) is 13.2. The third-order valence-electron chi connectivity index (χ3n) is 5.07. The van der Waals surface area contributed by atoms with Crippen LogP contribution in [-0.2, 0) is 26.0 Å². The van der Waals surface area contributed by atoms with Gasteiger partial charge in [-0.15, -0.1) is 0 Å². The molecule has 0 unspecified atom stereocenters. The highest BCUT2D eigenvalue weighted by Crippen LogP contribution is 2.31. The van der Waals surface area contributed by atoms with Crippen LogP contribution in [0.5, 0.6) is 0 Å². The number of hydrogen-bond acceptors (Lipinski definition) is 7. The van der Waals surface area contributed by atoms with Crippen LogP contribution in [0.2, 0.25) is 0 Å². The van der Waals surface area contributed by atoms with Crippen LogP contribution in [0.15, 0.2) is 70.6 Å². The van der Waals surface area contributed by atoms with Crippen LogP contribution in [0.4, 0.5) is 14.0 Å². The molecule has 2 aromatic carbocycles. The molecule has 0 atom stereocenters. The van der Waals surface area contributed by atoms with Crippen molar-refractivity contribution in [3.8, 4) is 11.3 Å². The molecule has 210 valence electrons. The Morgan fingerprint density at radius 2 is 1.59 bits per heavy atom. The maximum atomic E-state index is 14.8. The largest absolute Gasteiger partial charge is 0.452 e. The summed E-state index contributed by atoms with van der Waals surface area (Å²) in [7, 11) is -2.71. The topological polar surface area (TPSA) is 94.9 Å². The van der Waals surface area contributed by atoms with Crippen molar-refractivity contribution < 1.29 is 31.9 Å². The fraction of sp³-hybridized carbons (Fsp3) is 0.357. The molecule has 1 heterocycles. The second kappa shape index (κ2) is 11.4. The van der Waals surface area contributed by atoms with E-state index in [2.05, 4.69) is 0 Å². The molecule has 0 saturated heterocycles. The summed E-state index contributed by atoms with van der Waals surface area (Å²) in [5, 5.41) is -0.572. The molecule has 1 amide bonds. The summed E-state index contributed by atoms with van der Waals surface area (Å²) in [5.41, 5.74) is -0.792. The molecule has 0 spiro atoms. The van der Waals surface area contributed by atoms with E-state index in [9.17, 15) is 22.4 Å². The number of hydrogen-bond donors (Lipinski definition) is 0. The van der Waals surface area contributed by atoms with Crippen molar-refractivity contribution >= 4 is 33.2 Å². The van der Waals surface area contributed by atoms with Gasteiger partial charge < -0.3 is 14.4 Å². The zero-order chi connectivity index (χ0) is 29.2. The Hall–Kier alpha value is -3.31. The number of carbonyl (C=O) groups is 2. The number of amides is 1. The molecule has 0 aliphatic rings. The minimum absolute atomic E-state index is 0.0213. The smallest absolute Gasteiger partial charge is 0.410 e. The molecule has 0 aliphatic carbocycles. The van der Waals surface area contributed by atoms with Gasteiger partial charge in [-0.05, 0) is 95.3 Å². The Balaban J connectivity index is 2.02. The van der Waals surface area contributed by atoms with E-state index >= 15 is 0 Å². The second-order valence-corrected chi connectivity index (χ2v) is 13.7. The van der Waals surface area contributed by atoms with Crippen LogP contribution >= 0.6 is 11.8 Å². The zero-order valence-corrected chi connectivity index (χ0v) is 24.7. The molecule has 11 heteroatoms. The number of nitrogens with zero attached hydrogens (tertiary/aromatic N) is 2. The Morgan fingerprint density at radius 3 is 2.21 bits per heavy atom. The van der Waals surface area contributed by atoms with E-state index in [0.29, 0.717) is 10.5 Å². The number of carbonyl (C=O) groups excluding carboxylic acids is 2. The minimum atomic E-state index is -4.24. The van der Waals surface area contributed by atoms with Crippen molar-refractivity contribution in [3.05, 3.63) is 72.2 Å². The number of rotatable bonds is 6. The van der Waals surface area contributed by atoms with Gasteiger partial charge in [-0.2, -0.15) is 0 Å². The molecule has 1 aromatic heterocycles. The molecule has 3 rings (SSSR count). The summed E-state index contributed by atoms with van der Waals surface area (Å²) in [4.78, 5) is 26.3. The maximum absolute atomic E-state index is 14.8. The summed E-state index contributed by atoms with van der Waals surface area (Å²) in [6.07, 6.45) is 0.767. The number of benzene rings is 2. The van der Waals surface area contributed by atoms with Crippen LogP contribution in [0.3, 0.4) is 0 Å². The molecular weight excluding hydrogens is 543 g/mol. The van der Waals surface area contributed by atoms with E-state index in [1.54, 1.807) is 53.7 Å². The third kappa shape index (κ3) is 8.09. The fourth-order valence-electron chi connectivity index (χ4n) is 3.50. The normalized spacial score (nSPS) is 12.2. The first-order valence-corrected chi connectivity index (χ1v) is 14.4. The lowest BCUT2D eigenvalue weighted by atomic mass is 10.1. The lowest BCUT2D eigenvalue weighted by Gasteiger charge is -2.24. The standard InChI is InChI=1S/C28H33FN2O6S2/c1-27(2,3)36-25(32)30(7)17-19-15-24(22-13-8-9-14-23(22)29)31(18-19)39(34,35)21-12-10-11-20(16-21)38-26(33)37-28(4,5)6/h8-16,18H,17H2,1-7H3. The predicted octanol–water partition coefficient (Wildman–Crippen LogP) is 6.93. The first kappa shape index (κ1) is 30.2. The van der Waals surface area contributed by atoms with E-state index in [1.165, 1.54) is 60.6 Å². The molecule has 0 saturated carbocycles. The van der Waals surface area contributed by atoms with Crippen molar-refractivity contribution in [3.63, 3.8) is 0 Å². The molecule has 0 bridgehead atoms. The molecule has 3 aromatic rings. The molecule has 0 aliphatic heterocycles. The summed E-state index contributed by atoms with van der Waals surface area (Å²) < 4.78 is 54.2. The average Bonchev–Trinajstić information content (AvgIpc) is 3.21. The number of aromatic nitrogens is 1. The predicted molar refractivity (Wildman–Crippen MR) is 149 cm³/mol. The lowest BCUT2D eigenvalue weighted by molar-refractivity contribution is 0.0285. The van der Waals surface area contributed by atoms with Gasteiger partial charge in [-0.25, -0.2) is 26.4 Å². The van der Waals surface area contributed by atoms with Crippen LogP contribution < -0.4 is 0 Å². The number of halogens is 1. The summed E-state index contributed by atoms with van der Waals surface area (Å²) >= 11 is 0.767. The third-order valence-corrected chi connectivity index (χ3v) is 7.48. The second-order valence-electron chi connectivity index (χ2n) is 10.9. The number of thioether (sulfide) groups is 1. The first-order chi connectivity index (χ1) is 18.0. The van der Waals surface area contributed by atoms with Crippen molar-refractivity contribution in [2.24, 2.45) is 0 Å². The van der Waals surface area contributed by atoms with Crippen LogP contribution in [-0.4, -0.2) is 46.9 Å². The van der Waals surface area contributed by atoms with E-state index < -0.39 is 38.4 Å². The average molecular weight is 577 g/mol. The zero-order valence-electron chi connectivity index (χ0n) is 23.0.